The molecule has 1 atom stereocenters. The predicted molar refractivity (Wildman–Crippen MR) is 98.5 cm³/mol. The molecule has 4 rings (SSSR count). The molecule has 3 heterocycles. The maximum absolute atomic E-state index is 13.2. The average Bonchev–Trinajstić information content (AvgIpc) is 3.32. The lowest BCUT2D eigenvalue weighted by Gasteiger charge is -2.32. The normalized spacial score (nSPS) is 20.8. The Morgan fingerprint density at radius 2 is 2.16 bits per heavy atom. The van der Waals surface area contributed by atoms with Gasteiger partial charge in [-0.1, -0.05) is 19.0 Å². The van der Waals surface area contributed by atoms with Gasteiger partial charge in [0.15, 0.2) is 0 Å². The maximum atomic E-state index is 13.2. The molecule has 7 heteroatoms. The van der Waals surface area contributed by atoms with Crippen molar-refractivity contribution in [1.29, 1.82) is 0 Å². The van der Waals surface area contributed by atoms with Gasteiger partial charge in [0.25, 0.3) is 11.6 Å². The molecular formula is C18H25ClN4O2. The Morgan fingerprint density at radius 1 is 1.40 bits per heavy atom. The largest absolute Gasteiger partial charge is 0.336 e. The second-order valence-electron chi connectivity index (χ2n) is 7.38. The highest BCUT2D eigenvalue weighted by atomic mass is 35.5. The molecule has 2 fully saturated rings. The molecule has 25 heavy (non-hydrogen) atoms. The number of aromatic nitrogens is 2. The van der Waals surface area contributed by atoms with Crippen molar-refractivity contribution in [2.45, 2.75) is 51.5 Å². The summed E-state index contributed by atoms with van der Waals surface area (Å²) in [6.45, 7) is 8.52. The summed E-state index contributed by atoms with van der Waals surface area (Å²) in [7, 11) is 0. The summed E-state index contributed by atoms with van der Waals surface area (Å²) >= 11 is 0. The minimum absolute atomic E-state index is 0. The molecule has 1 saturated heterocycles. The highest BCUT2D eigenvalue weighted by molar-refractivity contribution is 6.06. The molecule has 1 saturated carbocycles. The predicted octanol–water partition coefficient (Wildman–Crippen LogP) is 3.08. The molecule has 1 unspecified atom stereocenters. The van der Waals surface area contributed by atoms with E-state index in [0.29, 0.717) is 23.2 Å². The molecule has 1 amide bonds. The topological polar surface area (TPSA) is 71.3 Å². The monoisotopic (exact) mass is 364 g/mol. The van der Waals surface area contributed by atoms with E-state index in [2.05, 4.69) is 36.2 Å². The Balaban J connectivity index is 0.00000182. The van der Waals surface area contributed by atoms with Crippen molar-refractivity contribution in [1.82, 2.24) is 20.4 Å². The number of fused-ring (bicyclic) bond motifs is 1. The summed E-state index contributed by atoms with van der Waals surface area (Å²) in [5.74, 6) is 0.728. The van der Waals surface area contributed by atoms with Crippen LogP contribution < -0.4 is 5.32 Å². The van der Waals surface area contributed by atoms with Crippen molar-refractivity contribution < 1.29 is 9.32 Å². The van der Waals surface area contributed by atoms with Gasteiger partial charge in [-0.2, -0.15) is 0 Å². The number of rotatable bonds is 3. The van der Waals surface area contributed by atoms with Crippen LogP contribution in [0.25, 0.3) is 11.1 Å². The van der Waals surface area contributed by atoms with E-state index in [4.69, 9.17) is 4.52 Å². The molecule has 0 bridgehead atoms. The Hall–Kier alpha value is -1.66. The van der Waals surface area contributed by atoms with Crippen LogP contribution in [-0.2, 0) is 0 Å². The van der Waals surface area contributed by atoms with Gasteiger partial charge in [-0.25, -0.2) is 4.98 Å². The van der Waals surface area contributed by atoms with Gasteiger partial charge in [-0.05, 0) is 31.7 Å². The Morgan fingerprint density at radius 3 is 2.80 bits per heavy atom. The van der Waals surface area contributed by atoms with Crippen LogP contribution in [0.2, 0.25) is 0 Å². The van der Waals surface area contributed by atoms with Crippen LogP contribution in [0.1, 0.15) is 67.2 Å². The number of nitrogens with zero attached hydrogens (tertiary/aromatic N) is 3. The zero-order valence-corrected chi connectivity index (χ0v) is 15.7. The molecule has 0 spiro atoms. The van der Waals surface area contributed by atoms with E-state index >= 15 is 0 Å². The molecule has 0 aromatic carbocycles. The summed E-state index contributed by atoms with van der Waals surface area (Å²) in [6, 6.07) is 2.30. The number of amides is 1. The Bertz CT molecular complexity index is 785. The summed E-state index contributed by atoms with van der Waals surface area (Å²) in [5, 5.41) is 8.38. The van der Waals surface area contributed by atoms with Crippen molar-refractivity contribution >= 4 is 29.4 Å². The number of carbonyl (C=O) groups excluding carboxylic acids is 1. The average molecular weight is 365 g/mol. The van der Waals surface area contributed by atoms with Crippen LogP contribution >= 0.6 is 12.4 Å². The first-order valence-corrected chi connectivity index (χ1v) is 8.87. The maximum Gasteiger partial charge on any atom is 0.259 e. The number of piperazine rings is 1. The highest BCUT2D eigenvalue weighted by Gasteiger charge is 2.31. The summed E-state index contributed by atoms with van der Waals surface area (Å²) in [5.41, 5.74) is 3.02. The Kier molecular flexibility index (Phi) is 5.02. The zero-order chi connectivity index (χ0) is 16.8. The first kappa shape index (κ1) is 18.1. The molecule has 2 aliphatic rings. The number of hydrogen-bond acceptors (Lipinski definition) is 5. The van der Waals surface area contributed by atoms with E-state index in [1.807, 2.05) is 11.0 Å². The minimum Gasteiger partial charge on any atom is -0.336 e. The third-order valence-corrected chi connectivity index (χ3v) is 4.92. The van der Waals surface area contributed by atoms with Crippen LogP contribution in [0.5, 0.6) is 0 Å². The molecule has 2 aromatic heterocycles. The second kappa shape index (κ2) is 6.92. The number of carbonyl (C=O) groups is 1. The zero-order valence-electron chi connectivity index (χ0n) is 14.9. The van der Waals surface area contributed by atoms with Gasteiger partial charge in [-0.3, -0.25) is 4.79 Å². The first-order valence-electron chi connectivity index (χ1n) is 8.87. The van der Waals surface area contributed by atoms with Gasteiger partial charge in [0, 0.05) is 37.3 Å². The van der Waals surface area contributed by atoms with Crippen LogP contribution in [0.3, 0.4) is 0 Å². The fourth-order valence-corrected chi connectivity index (χ4v) is 3.43. The van der Waals surface area contributed by atoms with E-state index in [0.717, 1.165) is 49.2 Å². The fourth-order valence-electron chi connectivity index (χ4n) is 3.43. The standard InChI is InChI=1S/C18H24N4O2.ClH/c1-10(2)16-15-13(18(23)22-7-6-19-11(3)9-22)8-14(12-4-5-12)20-17(15)24-21-16;/h8,10-12,19H,4-7,9H2,1-3H3;1H. The molecule has 136 valence electrons. The molecule has 2 aromatic rings. The lowest BCUT2D eigenvalue weighted by Crippen LogP contribution is -2.51. The summed E-state index contributed by atoms with van der Waals surface area (Å²) in [6.07, 6.45) is 2.28. The van der Waals surface area contributed by atoms with Crippen LogP contribution in [0, 0.1) is 0 Å². The smallest absolute Gasteiger partial charge is 0.259 e. The number of hydrogen-bond donors (Lipinski definition) is 1. The number of pyridine rings is 1. The van der Waals surface area contributed by atoms with Crippen molar-refractivity contribution in [3.05, 3.63) is 23.0 Å². The van der Waals surface area contributed by atoms with E-state index in [9.17, 15) is 4.79 Å². The van der Waals surface area contributed by atoms with Gasteiger partial charge in [0.1, 0.15) is 0 Å². The van der Waals surface area contributed by atoms with Gasteiger partial charge < -0.3 is 14.7 Å². The summed E-state index contributed by atoms with van der Waals surface area (Å²) in [4.78, 5) is 19.8. The molecular weight excluding hydrogens is 340 g/mol. The third-order valence-electron chi connectivity index (χ3n) is 4.92. The van der Waals surface area contributed by atoms with Crippen LogP contribution in [-0.4, -0.2) is 46.6 Å². The van der Waals surface area contributed by atoms with Gasteiger partial charge in [0.2, 0.25) is 0 Å². The summed E-state index contributed by atoms with van der Waals surface area (Å²) < 4.78 is 5.48. The van der Waals surface area contributed by atoms with Crippen molar-refractivity contribution in [3.8, 4) is 0 Å². The highest BCUT2D eigenvalue weighted by Crippen LogP contribution is 2.41. The Labute approximate surface area is 153 Å². The number of halogens is 1. The third kappa shape index (κ3) is 3.37. The van der Waals surface area contributed by atoms with E-state index in [1.165, 1.54) is 0 Å². The van der Waals surface area contributed by atoms with Gasteiger partial charge >= 0.3 is 0 Å². The first-order chi connectivity index (χ1) is 11.5. The molecule has 1 aliphatic carbocycles. The number of nitrogens with one attached hydrogen (secondary N) is 1. The molecule has 0 radical (unpaired) electrons. The quantitative estimate of drug-likeness (QED) is 0.906. The lowest BCUT2D eigenvalue weighted by molar-refractivity contribution is 0.0711. The van der Waals surface area contributed by atoms with Gasteiger partial charge in [-0.15, -0.1) is 12.4 Å². The van der Waals surface area contributed by atoms with Crippen LogP contribution in [0.4, 0.5) is 0 Å². The second-order valence-corrected chi connectivity index (χ2v) is 7.38. The molecule has 1 N–H and O–H groups in total. The van der Waals surface area contributed by atoms with Crippen molar-refractivity contribution in [2.75, 3.05) is 19.6 Å². The van der Waals surface area contributed by atoms with E-state index in [-0.39, 0.29) is 24.2 Å². The van der Waals surface area contributed by atoms with Crippen molar-refractivity contribution in [3.63, 3.8) is 0 Å². The van der Waals surface area contributed by atoms with Gasteiger partial charge in [0.05, 0.1) is 16.6 Å². The minimum atomic E-state index is 0. The molecule has 6 nitrogen and oxygen atoms in total. The van der Waals surface area contributed by atoms with E-state index < -0.39 is 0 Å². The molecule has 1 aliphatic heterocycles. The fraction of sp³-hybridized carbons (Fsp3) is 0.611. The SMILES string of the molecule is CC1CN(C(=O)c2cc(C3CC3)nc3onc(C(C)C)c23)CCN1.Cl. The van der Waals surface area contributed by atoms with Crippen LogP contribution in [0.15, 0.2) is 10.6 Å². The van der Waals surface area contributed by atoms with Crippen molar-refractivity contribution in [2.24, 2.45) is 0 Å². The lowest BCUT2D eigenvalue weighted by atomic mass is 10.0. The van der Waals surface area contributed by atoms with E-state index in [1.54, 1.807) is 0 Å².